The molecule has 3 aromatic rings. The summed E-state index contributed by atoms with van der Waals surface area (Å²) in [5.41, 5.74) is 9.61. The molecule has 6 rings (SSSR count). The van der Waals surface area contributed by atoms with E-state index in [1.165, 1.54) is 41.3 Å². The molecule has 0 aliphatic carbocycles. The lowest BCUT2D eigenvalue weighted by molar-refractivity contribution is -0.148. The molecule has 3 aliphatic heterocycles. The number of carboxylic acids is 2. The predicted molar refractivity (Wildman–Crippen MR) is 206 cm³/mol. The Morgan fingerprint density at radius 2 is 1.73 bits per heavy atom. The van der Waals surface area contributed by atoms with Gasteiger partial charge >= 0.3 is 11.9 Å². The molecule has 56 heavy (non-hydrogen) atoms. The number of rotatable bonds is 14. The van der Waals surface area contributed by atoms with E-state index in [0.717, 1.165) is 16.7 Å². The van der Waals surface area contributed by atoms with Gasteiger partial charge in [0.2, 0.25) is 12.0 Å². The first-order valence-corrected chi connectivity index (χ1v) is 18.7. The van der Waals surface area contributed by atoms with Gasteiger partial charge in [-0.1, -0.05) is 47.1 Å². The number of nitrogens with zero attached hydrogens (tertiary/aromatic N) is 3. The van der Waals surface area contributed by atoms with Crippen LogP contribution in [0.4, 0.5) is 10.1 Å². The molecule has 3 heterocycles. The van der Waals surface area contributed by atoms with Crippen molar-refractivity contribution in [2.45, 2.75) is 56.7 Å². The largest absolute Gasteiger partial charge is 0.480 e. The van der Waals surface area contributed by atoms with Gasteiger partial charge in [0.15, 0.2) is 5.82 Å². The van der Waals surface area contributed by atoms with Crippen LogP contribution >= 0.6 is 11.6 Å². The number of oxime groups is 1. The number of hydrogen-bond donors (Lipinski definition) is 5. The maximum atomic E-state index is 14.8. The summed E-state index contributed by atoms with van der Waals surface area (Å²) in [6, 6.07) is 13.6. The van der Waals surface area contributed by atoms with E-state index >= 15 is 0 Å². The van der Waals surface area contributed by atoms with Crippen molar-refractivity contribution in [2.75, 3.05) is 38.0 Å². The van der Waals surface area contributed by atoms with Crippen molar-refractivity contribution in [1.29, 1.82) is 0 Å². The quantitative estimate of drug-likeness (QED) is 0.147. The van der Waals surface area contributed by atoms with Gasteiger partial charge in [-0.3, -0.25) is 19.3 Å². The van der Waals surface area contributed by atoms with Crippen molar-refractivity contribution < 1.29 is 43.4 Å². The second-order valence-corrected chi connectivity index (χ2v) is 14.2. The van der Waals surface area contributed by atoms with Crippen molar-refractivity contribution in [3.05, 3.63) is 105 Å². The summed E-state index contributed by atoms with van der Waals surface area (Å²) >= 11 is 5.98. The van der Waals surface area contributed by atoms with Crippen LogP contribution < -0.4 is 16.4 Å². The summed E-state index contributed by atoms with van der Waals surface area (Å²) in [4.78, 5) is 73.2. The van der Waals surface area contributed by atoms with Crippen molar-refractivity contribution in [1.82, 2.24) is 15.1 Å². The van der Waals surface area contributed by atoms with Gasteiger partial charge in [-0.05, 0) is 97.3 Å². The van der Waals surface area contributed by atoms with Crippen molar-refractivity contribution in [3.63, 3.8) is 0 Å². The number of carbonyl (C=O) groups is 5. The Morgan fingerprint density at radius 1 is 0.982 bits per heavy atom. The Morgan fingerprint density at radius 3 is 2.43 bits per heavy atom. The molecule has 0 fully saturated rings. The zero-order valence-electron chi connectivity index (χ0n) is 30.4. The monoisotopic (exact) mass is 788 g/mol. The Balaban J connectivity index is 1.22. The summed E-state index contributed by atoms with van der Waals surface area (Å²) in [7, 11) is 0. The zero-order chi connectivity index (χ0) is 39.9. The van der Waals surface area contributed by atoms with Gasteiger partial charge in [0.1, 0.15) is 12.1 Å². The summed E-state index contributed by atoms with van der Waals surface area (Å²) in [5.74, 6) is -4.31. The molecule has 6 N–H and O–H groups in total. The summed E-state index contributed by atoms with van der Waals surface area (Å²) in [6.45, 7) is 1.59. The third kappa shape index (κ3) is 9.07. The van der Waals surface area contributed by atoms with Gasteiger partial charge in [-0.15, -0.1) is 0 Å². The fourth-order valence-corrected chi connectivity index (χ4v) is 7.44. The van der Waals surface area contributed by atoms with Crippen molar-refractivity contribution >= 4 is 58.2 Å². The molecule has 3 aliphatic rings. The number of aliphatic carboxylic acids is 1. The Kier molecular flexibility index (Phi) is 12.8. The fourth-order valence-electron chi connectivity index (χ4n) is 7.27. The number of carbonyl (C=O) groups excluding carboxylic acids is 3. The number of halogens is 2. The van der Waals surface area contributed by atoms with Crippen molar-refractivity contribution in [3.8, 4) is 0 Å². The standard InChI is InChI=1S/C40H42ClFN6O8/c41-30-8-4-7-29(35(30)42)32-21-33(56-46-32)38(51)48-20-16-27-26(5-3-6-28(27)36(48)37(50)44-25-12-10-24(11-13-25)39(52)53)23-14-18-47(19-15-23)22-34(49)45-31(40(54)55)9-1-2-17-43/h3-8,10-14,31,33,36H,1-2,9,15-22,43H2,(H,44,50)(H,45,49)(H,52,53)(H,54,55)/t31-,33?,36+/m1/s1. The fraction of sp³-hybridized carbons (Fsp3) is 0.350. The highest BCUT2D eigenvalue weighted by Gasteiger charge is 2.42. The molecule has 0 bridgehead atoms. The number of carboxylic acid groups (broad SMARTS) is 2. The number of nitrogens with two attached hydrogens (primary N) is 1. The molecular formula is C40H42ClFN6O8. The van der Waals surface area contributed by atoms with Crippen LogP contribution in [0.5, 0.6) is 0 Å². The summed E-state index contributed by atoms with van der Waals surface area (Å²) in [5, 5.41) is 28.2. The molecule has 3 aromatic carbocycles. The van der Waals surface area contributed by atoms with Gasteiger partial charge in [0.25, 0.3) is 11.8 Å². The number of benzene rings is 3. The van der Waals surface area contributed by atoms with E-state index in [2.05, 4.69) is 15.8 Å². The van der Waals surface area contributed by atoms with Crippen LogP contribution in [0.2, 0.25) is 5.02 Å². The van der Waals surface area contributed by atoms with E-state index in [-0.39, 0.29) is 47.3 Å². The molecule has 0 saturated heterocycles. The second-order valence-electron chi connectivity index (χ2n) is 13.8. The second kappa shape index (κ2) is 17.9. The minimum Gasteiger partial charge on any atom is -0.480 e. The Bertz CT molecular complexity index is 2080. The van der Waals surface area contributed by atoms with Gasteiger partial charge in [-0.25, -0.2) is 14.0 Å². The van der Waals surface area contributed by atoms with Gasteiger partial charge in [-0.2, -0.15) is 0 Å². The number of unbranched alkanes of at least 4 members (excludes halogenated alkanes) is 1. The van der Waals surface area contributed by atoms with E-state index in [1.807, 2.05) is 23.1 Å². The predicted octanol–water partition coefficient (Wildman–Crippen LogP) is 4.22. The molecular weight excluding hydrogens is 747 g/mol. The summed E-state index contributed by atoms with van der Waals surface area (Å²) in [6.07, 6.45) is 3.38. The molecule has 16 heteroatoms. The smallest absolute Gasteiger partial charge is 0.335 e. The minimum absolute atomic E-state index is 0.0305. The molecule has 0 aromatic heterocycles. The van der Waals surface area contributed by atoms with E-state index in [0.29, 0.717) is 63.0 Å². The lowest BCUT2D eigenvalue weighted by Crippen LogP contribution is -2.49. The third-order valence-electron chi connectivity index (χ3n) is 10.1. The molecule has 0 spiro atoms. The van der Waals surface area contributed by atoms with Gasteiger partial charge in [0.05, 0.1) is 22.8 Å². The van der Waals surface area contributed by atoms with Crippen molar-refractivity contribution in [2.24, 2.45) is 10.9 Å². The number of nitrogens with one attached hydrogen (secondary N) is 2. The van der Waals surface area contributed by atoms with E-state index in [9.17, 15) is 38.6 Å². The van der Waals surface area contributed by atoms with Crippen LogP contribution in [0.25, 0.3) is 5.57 Å². The molecule has 0 radical (unpaired) electrons. The van der Waals surface area contributed by atoms with Crippen LogP contribution in [0, 0.1) is 5.82 Å². The van der Waals surface area contributed by atoms with Crippen LogP contribution in [-0.2, 0) is 30.4 Å². The average Bonchev–Trinajstić information content (AvgIpc) is 3.68. The van der Waals surface area contributed by atoms with Crippen LogP contribution in [0.1, 0.15) is 70.8 Å². The highest BCUT2D eigenvalue weighted by Crippen LogP contribution is 2.38. The molecule has 1 unspecified atom stereocenters. The number of fused-ring (bicyclic) bond motifs is 1. The number of anilines is 1. The van der Waals surface area contributed by atoms with E-state index in [1.54, 1.807) is 12.1 Å². The molecule has 14 nitrogen and oxygen atoms in total. The Labute approximate surface area is 327 Å². The van der Waals surface area contributed by atoms with Crippen LogP contribution in [0.15, 0.2) is 71.9 Å². The minimum atomic E-state index is -1.13. The number of hydrogen-bond acceptors (Lipinski definition) is 9. The first kappa shape index (κ1) is 40.0. The van der Waals surface area contributed by atoms with Gasteiger partial charge in [0, 0.05) is 37.3 Å². The number of aromatic carboxylic acids is 1. The van der Waals surface area contributed by atoms with Crippen LogP contribution in [-0.4, -0.2) is 100 Å². The SMILES string of the molecule is NCCCC[C@@H](NC(=O)CN1CC=C(c2cccc3c2CCN(C(=O)C2CC(c4cccc(Cl)c4F)=NO2)[C@@H]3C(=O)Nc2ccc(C(=O)O)cc2)CC1)C(=O)O. The van der Waals surface area contributed by atoms with E-state index < -0.39 is 47.8 Å². The maximum absolute atomic E-state index is 14.8. The normalized spacial score (nSPS) is 18.5. The maximum Gasteiger partial charge on any atom is 0.335 e. The molecule has 294 valence electrons. The van der Waals surface area contributed by atoms with E-state index in [4.69, 9.17) is 22.2 Å². The molecule has 3 atom stereocenters. The topological polar surface area (TPSA) is 204 Å². The lowest BCUT2D eigenvalue weighted by Gasteiger charge is -2.38. The number of amides is 3. The highest BCUT2D eigenvalue weighted by atomic mass is 35.5. The van der Waals surface area contributed by atoms with Gasteiger partial charge < -0.3 is 36.3 Å². The first-order valence-electron chi connectivity index (χ1n) is 18.3. The lowest BCUT2D eigenvalue weighted by atomic mass is 9.84. The van der Waals surface area contributed by atoms with Crippen LogP contribution in [0.3, 0.4) is 0 Å². The molecule has 3 amide bonds. The Hall–Kier alpha value is -5.64. The third-order valence-corrected chi connectivity index (χ3v) is 10.4. The zero-order valence-corrected chi connectivity index (χ0v) is 31.1. The average molecular weight is 789 g/mol. The summed E-state index contributed by atoms with van der Waals surface area (Å²) < 4.78 is 14.8. The highest BCUT2D eigenvalue weighted by molar-refractivity contribution is 6.31. The molecule has 0 saturated carbocycles. The first-order chi connectivity index (χ1) is 26.9.